The third-order valence-electron chi connectivity index (χ3n) is 0.211. The van der Waals surface area contributed by atoms with Gasteiger partial charge in [-0.3, -0.25) is 0 Å². The zero-order valence-electron chi connectivity index (χ0n) is 1.93. The van der Waals surface area contributed by atoms with Gasteiger partial charge < -0.3 is 0 Å². The van der Waals surface area contributed by atoms with Crippen LogP contribution in [0.25, 0.3) is 0 Å². The minimum atomic E-state index is 0.417. The summed E-state index contributed by atoms with van der Waals surface area (Å²) in [6, 6.07) is 0. The van der Waals surface area contributed by atoms with Gasteiger partial charge in [-0.25, -0.2) is 0 Å². The first-order valence-corrected chi connectivity index (χ1v) is 2.14. The molecule has 0 radical (unpaired) electrons. The summed E-state index contributed by atoms with van der Waals surface area (Å²) in [5.41, 5.74) is 0. The topological polar surface area (TPSA) is 24.4 Å². The Morgan fingerprint density at radius 1 is 2.00 bits per heavy atom. The molecule has 0 spiro atoms. The van der Waals surface area contributed by atoms with Crippen LogP contribution >= 0.6 is 0 Å². The van der Waals surface area contributed by atoms with Crippen LogP contribution in [0.1, 0.15) is 0 Å². The summed E-state index contributed by atoms with van der Waals surface area (Å²) in [6.07, 6.45) is 1.71. The maximum absolute atomic E-state index is 3.74. The van der Waals surface area contributed by atoms with E-state index in [0.29, 0.717) is 15.7 Å². The number of nitrogens with one attached hydrogen (secondary N) is 1. The SMILES string of the molecule is C1=[N][Cr][NH]1. The Kier molecular flexibility index (Phi) is 0.423. The Morgan fingerprint density at radius 3 is 2.25 bits per heavy atom. The van der Waals surface area contributed by atoms with Crippen molar-refractivity contribution >= 4 is 6.34 Å². The van der Waals surface area contributed by atoms with Gasteiger partial charge in [0.25, 0.3) is 0 Å². The number of rotatable bonds is 0. The minimum absolute atomic E-state index is 0.417. The summed E-state index contributed by atoms with van der Waals surface area (Å²) in [5.74, 6) is 0. The number of nitrogens with zero attached hydrogens (tertiary/aromatic N) is 1. The first-order valence-electron chi connectivity index (χ1n) is 0.934. The van der Waals surface area contributed by atoms with Gasteiger partial charge in [-0.2, -0.15) is 0 Å². The average molecular weight is 94.0 g/mol. The molecule has 0 amide bonds. The van der Waals surface area contributed by atoms with Crippen LogP contribution in [-0.2, 0) is 15.7 Å². The van der Waals surface area contributed by atoms with Crippen molar-refractivity contribution in [3.05, 3.63) is 0 Å². The van der Waals surface area contributed by atoms with Crippen molar-refractivity contribution < 1.29 is 15.7 Å². The molecule has 4 heavy (non-hydrogen) atoms. The molecule has 0 bridgehead atoms. The van der Waals surface area contributed by atoms with Crippen molar-refractivity contribution in [1.29, 1.82) is 0 Å². The summed E-state index contributed by atoms with van der Waals surface area (Å²) in [5, 5.41) is 0. The zero-order chi connectivity index (χ0) is 2.83. The van der Waals surface area contributed by atoms with Gasteiger partial charge >= 0.3 is 30.3 Å². The molecule has 0 aromatic carbocycles. The van der Waals surface area contributed by atoms with Crippen LogP contribution < -0.4 is 4.30 Å². The standard InChI is InChI=1S/CH2N2.Cr/c2-1-3;/h1H,(H-2,2,3);/q-2;+2. The Balaban J connectivity index is 2.47. The van der Waals surface area contributed by atoms with Gasteiger partial charge in [-0.15, -0.1) is 0 Å². The molecule has 1 N–H and O–H groups in total. The van der Waals surface area contributed by atoms with Crippen molar-refractivity contribution in [3.8, 4) is 0 Å². The Bertz CT molecular complexity index is 35.3. The summed E-state index contributed by atoms with van der Waals surface area (Å²) < 4.78 is 6.62. The molecule has 3 heteroatoms. The van der Waals surface area contributed by atoms with Crippen molar-refractivity contribution in [2.75, 3.05) is 0 Å². The Morgan fingerprint density at radius 2 is 2.25 bits per heavy atom. The fourth-order valence-electron chi connectivity index (χ4n) is 0.0527. The van der Waals surface area contributed by atoms with Crippen molar-refractivity contribution in [3.63, 3.8) is 0 Å². The zero-order valence-corrected chi connectivity index (χ0v) is 3.21. The van der Waals surface area contributed by atoms with Gasteiger partial charge in [0.05, 0.1) is 0 Å². The third-order valence-corrected chi connectivity index (χ3v) is 0.869. The van der Waals surface area contributed by atoms with E-state index in [9.17, 15) is 0 Å². The molecule has 0 aliphatic carbocycles. The van der Waals surface area contributed by atoms with Crippen LogP contribution in [0.4, 0.5) is 0 Å². The molecule has 1 aliphatic heterocycles. The molecule has 0 unspecified atom stereocenters. The normalized spacial score (nSPS) is 18.0. The molecule has 22 valence electrons. The van der Waals surface area contributed by atoms with E-state index in [-0.39, 0.29) is 0 Å². The van der Waals surface area contributed by atoms with Crippen LogP contribution in [0, 0.1) is 0 Å². The van der Waals surface area contributed by atoms with Crippen molar-refractivity contribution in [2.24, 2.45) is 3.98 Å². The summed E-state index contributed by atoms with van der Waals surface area (Å²) >= 11 is 0.417. The summed E-state index contributed by atoms with van der Waals surface area (Å²) in [4.78, 5) is 0. The first kappa shape index (κ1) is 2.25. The van der Waals surface area contributed by atoms with Gasteiger partial charge in [0, 0.05) is 0 Å². The van der Waals surface area contributed by atoms with E-state index in [4.69, 9.17) is 0 Å². The number of hydrogen-bond donors (Lipinski definition) is 1. The first-order chi connectivity index (χ1) is 2.00. The van der Waals surface area contributed by atoms with Gasteiger partial charge in [-0.05, 0) is 0 Å². The molecule has 0 atom stereocenters. The second kappa shape index (κ2) is 0.752. The van der Waals surface area contributed by atoms with E-state index in [1.54, 1.807) is 6.34 Å². The Labute approximate surface area is 31.1 Å². The average Bonchev–Trinajstić information content (AvgIpc) is 0.722. The monoisotopic (exact) mass is 94.0 g/mol. The van der Waals surface area contributed by atoms with Crippen LogP contribution in [0.5, 0.6) is 0 Å². The number of hydrogen-bond acceptors (Lipinski definition) is 2. The van der Waals surface area contributed by atoms with Crippen LogP contribution in [0.15, 0.2) is 3.98 Å². The van der Waals surface area contributed by atoms with Gasteiger partial charge in [0.2, 0.25) is 0 Å². The fourth-order valence-corrected chi connectivity index (χ4v) is 0.217. The van der Waals surface area contributed by atoms with E-state index in [2.05, 4.69) is 8.28 Å². The van der Waals surface area contributed by atoms with Crippen LogP contribution in [0.2, 0.25) is 0 Å². The molecule has 1 aliphatic rings. The molecule has 2 nitrogen and oxygen atoms in total. The second-order valence-corrected chi connectivity index (χ2v) is 1.43. The van der Waals surface area contributed by atoms with Crippen molar-refractivity contribution in [1.82, 2.24) is 4.30 Å². The third kappa shape index (κ3) is 0.126. The van der Waals surface area contributed by atoms with Crippen LogP contribution in [0.3, 0.4) is 0 Å². The van der Waals surface area contributed by atoms with E-state index >= 15 is 0 Å². The molecule has 0 aromatic heterocycles. The summed E-state index contributed by atoms with van der Waals surface area (Å²) in [7, 11) is 0. The van der Waals surface area contributed by atoms with E-state index in [0.717, 1.165) is 0 Å². The molecule has 0 fully saturated rings. The predicted molar refractivity (Wildman–Crippen MR) is 11.6 cm³/mol. The van der Waals surface area contributed by atoms with Crippen molar-refractivity contribution in [2.45, 2.75) is 0 Å². The summed E-state index contributed by atoms with van der Waals surface area (Å²) in [6.45, 7) is 0. The Hall–Kier alpha value is 0.00247. The molecule has 0 aromatic rings. The second-order valence-electron chi connectivity index (χ2n) is 0.444. The van der Waals surface area contributed by atoms with E-state index < -0.39 is 0 Å². The maximum atomic E-state index is 3.74. The molecule has 0 saturated carbocycles. The fraction of sp³-hybridized carbons (Fsp3) is 0. The van der Waals surface area contributed by atoms with E-state index in [1.807, 2.05) is 0 Å². The molecule has 1 heterocycles. The molecule has 1 rings (SSSR count). The molecular weight excluding hydrogens is 92.0 g/mol. The molecule has 0 saturated heterocycles. The van der Waals surface area contributed by atoms with Gasteiger partial charge in [0.1, 0.15) is 0 Å². The predicted octanol–water partition coefficient (Wildman–Crippen LogP) is -0.470. The molecular formula is CH2CrN2. The van der Waals surface area contributed by atoms with Crippen LogP contribution in [-0.4, -0.2) is 6.34 Å². The van der Waals surface area contributed by atoms with Gasteiger partial charge in [-0.1, -0.05) is 0 Å². The van der Waals surface area contributed by atoms with Gasteiger partial charge in [0.15, 0.2) is 0 Å². The van der Waals surface area contributed by atoms with E-state index in [1.165, 1.54) is 0 Å². The quantitative estimate of drug-likeness (QED) is 0.431.